The lowest BCUT2D eigenvalue weighted by atomic mass is 9.90. The van der Waals surface area contributed by atoms with Crippen molar-refractivity contribution in [2.45, 2.75) is 32.6 Å². The highest BCUT2D eigenvalue weighted by molar-refractivity contribution is 5.91. The Hall–Kier alpha value is -2.89. The molecule has 0 bridgehead atoms. The van der Waals surface area contributed by atoms with Crippen molar-refractivity contribution in [3.05, 3.63) is 47.7 Å². The quantitative estimate of drug-likeness (QED) is 0.483. The molecule has 1 aromatic carbocycles. The standard InChI is InChI=1S/C22H24N2O4/c1-22-11-4-3-8-17(22)19(22)20(25)24-23-13-16-9-10-18(28-16)14-6-5-7-15(12-14)21(26)27-2/h5-7,9-10,12-13,17,19H,3-4,8,11H2,1-2H3,(H,24,25)/b23-13-/t17-,19+,22-/m1/s1. The van der Waals surface area contributed by atoms with Crippen LogP contribution in [0, 0.1) is 17.3 Å². The first-order valence-electron chi connectivity index (χ1n) is 9.64. The minimum atomic E-state index is -0.396. The zero-order valence-corrected chi connectivity index (χ0v) is 16.1. The van der Waals surface area contributed by atoms with E-state index in [0.717, 1.165) is 18.4 Å². The Labute approximate surface area is 164 Å². The number of hydrazone groups is 1. The van der Waals surface area contributed by atoms with Crippen LogP contribution < -0.4 is 5.43 Å². The topological polar surface area (TPSA) is 80.9 Å². The molecule has 0 spiro atoms. The van der Waals surface area contributed by atoms with Crippen LogP contribution >= 0.6 is 0 Å². The second-order valence-electron chi connectivity index (χ2n) is 7.84. The van der Waals surface area contributed by atoms with Crippen molar-refractivity contribution >= 4 is 18.1 Å². The fraction of sp³-hybridized carbons (Fsp3) is 0.409. The molecular formula is C22H24N2O4. The van der Waals surface area contributed by atoms with E-state index in [-0.39, 0.29) is 17.2 Å². The molecule has 2 fully saturated rings. The van der Waals surface area contributed by atoms with Crippen LogP contribution in [-0.4, -0.2) is 25.2 Å². The lowest BCUT2D eigenvalue weighted by Gasteiger charge is -2.15. The highest BCUT2D eigenvalue weighted by Crippen LogP contribution is 2.66. The number of amides is 1. The molecule has 4 rings (SSSR count). The minimum absolute atomic E-state index is 0.00297. The van der Waals surface area contributed by atoms with Gasteiger partial charge >= 0.3 is 5.97 Å². The van der Waals surface area contributed by atoms with Crippen molar-refractivity contribution in [3.63, 3.8) is 0 Å². The second kappa shape index (κ2) is 7.26. The van der Waals surface area contributed by atoms with E-state index in [2.05, 4.69) is 17.5 Å². The molecule has 6 nitrogen and oxygen atoms in total. The van der Waals surface area contributed by atoms with E-state index in [4.69, 9.17) is 9.15 Å². The van der Waals surface area contributed by atoms with Gasteiger partial charge in [-0.25, -0.2) is 10.2 Å². The van der Waals surface area contributed by atoms with Crippen molar-refractivity contribution in [2.24, 2.45) is 22.4 Å². The van der Waals surface area contributed by atoms with Gasteiger partial charge in [-0.3, -0.25) is 4.79 Å². The predicted octanol–water partition coefficient (Wildman–Crippen LogP) is 4.01. The number of carbonyl (C=O) groups excluding carboxylic acids is 2. The first-order valence-corrected chi connectivity index (χ1v) is 9.64. The summed E-state index contributed by atoms with van der Waals surface area (Å²) in [6, 6.07) is 10.6. The molecule has 28 heavy (non-hydrogen) atoms. The van der Waals surface area contributed by atoms with Gasteiger partial charge in [0.15, 0.2) is 0 Å². The fourth-order valence-electron chi connectivity index (χ4n) is 4.57. The van der Waals surface area contributed by atoms with Crippen molar-refractivity contribution in [1.29, 1.82) is 0 Å². The largest absolute Gasteiger partial charge is 0.465 e. The maximum Gasteiger partial charge on any atom is 0.337 e. The van der Waals surface area contributed by atoms with Crippen molar-refractivity contribution < 1.29 is 18.7 Å². The summed E-state index contributed by atoms with van der Waals surface area (Å²) in [6.07, 6.45) is 6.21. The second-order valence-corrected chi connectivity index (χ2v) is 7.84. The number of hydrogen-bond acceptors (Lipinski definition) is 5. The van der Waals surface area contributed by atoms with E-state index in [0.29, 0.717) is 23.0 Å². The number of furan rings is 1. The van der Waals surface area contributed by atoms with Crippen LogP contribution in [0.15, 0.2) is 45.9 Å². The molecule has 0 saturated heterocycles. The summed E-state index contributed by atoms with van der Waals surface area (Å²) in [7, 11) is 1.35. The average Bonchev–Trinajstić information content (AvgIpc) is 3.07. The molecule has 1 N–H and O–H groups in total. The van der Waals surface area contributed by atoms with Gasteiger partial charge in [-0.2, -0.15) is 5.10 Å². The van der Waals surface area contributed by atoms with E-state index >= 15 is 0 Å². The number of fused-ring (bicyclic) bond motifs is 1. The molecular weight excluding hydrogens is 356 g/mol. The number of benzene rings is 1. The molecule has 0 aliphatic heterocycles. The van der Waals surface area contributed by atoms with E-state index < -0.39 is 5.97 Å². The van der Waals surface area contributed by atoms with E-state index in [1.54, 1.807) is 30.3 Å². The smallest absolute Gasteiger partial charge is 0.337 e. The van der Waals surface area contributed by atoms with Crippen LogP contribution in [0.4, 0.5) is 0 Å². The summed E-state index contributed by atoms with van der Waals surface area (Å²) in [5.74, 6) is 1.34. The Bertz CT molecular complexity index is 932. The normalized spacial score (nSPS) is 25.9. The molecule has 1 aromatic heterocycles. The first-order chi connectivity index (χ1) is 13.5. The maximum atomic E-state index is 12.4. The number of esters is 1. The summed E-state index contributed by atoms with van der Waals surface area (Å²) in [5, 5.41) is 4.07. The number of carbonyl (C=O) groups is 2. The van der Waals surface area contributed by atoms with Crippen LogP contribution in [0.2, 0.25) is 0 Å². The number of nitrogens with zero attached hydrogens (tertiary/aromatic N) is 1. The highest BCUT2D eigenvalue weighted by Gasteiger charge is 2.64. The zero-order chi connectivity index (χ0) is 19.7. The third-order valence-corrected chi connectivity index (χ3v) is 6.18. The van der Waals surface area contributed by atoms with Crippen LogP contribution in [-0.2, 0) is 9.53 Å². The van der Waals surface area contributed by atoms with Gasteiger partial charge in [0.25, 0.3) is 0 Å². The van der Waals surface area contributed by atoms with Gasteiger partial charge in [0.1, 0.15) is 11.5 Å². The van der Waals surface area contributed by atoms with Gasteiger partial charge in [0.2, 0.25) is 5.91 Å². The third kappa shape index (κ3) is 3.35. The molecule has 0 unspecified atom stereocenters. The molecule has 2 aliphatic carbocycles. The molecule has 2 aromatic rings. The van der Waals surface area contributed by atoms with Crippen molar-refractivity contribution in [1.82, 2.24) is 5.43 Å². The molecule has 146 valence electrons. The zero-order valence-electron chi connectivity index (χ0n) is 16.1. The summed E-state index contributed by atoms with van der Waals surface area (Å²) >= 11 is 0. The molecule has 1 amide bonds. The number of nitrogens with one attached hydrogen (secondary N) is 1. The lowest BCUT2D eigenvalue weighted by molar-refractivity contribution is -0.123. The number of methoxy groups -OCH3 is 1. The lowest BCUT2D eigenvalue weighted by Crippen LogP contribution is -2.22. The molecule has 3 atom stereocenters. The van der Waals surface area contributed by atoms with E-state index in [1.165, 1.54) is 26.2 Å². The van der Waals surface area contributed by atoms with Gasteiger partial charge in [-0.05, 0) is 48.4 Å². The third-order valence-electron chi connectivity index (χ3n) is 6.18. The molecule has 6 heteroatoms. The number of hydrogen-bond donors (Lipinski definition) is 1. The minimum Gasteiger partial charge on any atom is -0.465 e. The highest BCUT2D eigenvalue weighted by atomic mass is 16.5. The van der Waals surface area contributed by atoms with Gasteiger partial charge in [0.05, 0.1) is 18.9 Å². The Morgan fingerprint density at radius 3 is 2.89 bits per heavy atom. The average molecular weight is 380 g/mol. The molecule has 0 radical (unpaired) electrons. The Morgan fingerprint density at radius 2 is 2.14 bits per heavy atom. The fourth-order valence-corrected chi connectivity index (χ4v) is 4.57. The van der Waals surface area contributed by atoms with Crippen molar-refractivity contribution in [3.8, 4) is 11.3 Å². The summed E-state index contributed by atoms with van der Waals surface area (Å²) in [6.45, 7) is 2.21. The summed E-state index contributed by atoms with van der Waals surface area (Å²) in [5.41, 5.74) is 4.05. The van der Waals surface area contributed by atoms with Gasteiger partial charge in [0, 0.05) is 11.5 Å². The Morgan fingerprint density at radius 1 is 1.29 bits per heavy atom. The van der Waals surface area contributed by atoms with Crippen molar-refractivity contribution in [2.75, 3.05) is 7.11 Å². The monoisotopic (exact) mass is 380 g/mol. The predicted molar refractivity (Wildman–Crippen MR) is 105 cm³/mol. The maximum absolute atomic E-state index is 12.4. The van der Waals surface area contributed by atoms with E-state index in [1.807, 2.05) is 6.07 Å². The van der Waals surface area contributed by atoms with Crippen LogP contribution in [0.5, 0.6) is 0 Å². The molecule has 2 aliphatic rings. The summed E-state index contributed by atoms with van der Waals surface area (Å²) < 4.78 is 10.5. The van der Waals surface area contributed by atoms with Gasteiger partial charge in [-0.15, -0.1) is 0 Å². The Kier molecular flexibility index (Phi) is 4.79. The van der Waals surface area contributed by atoms with Crippen LogP contribution in [0.25, 0.3) is 11.3 Å². The molecule has 1 heterocycles. The van der Waals surface area contributed by atoms with Crippen LogP contribution in [0.1, 0.15) is 48.7 Å². The Balaban J connectivity index is 1.39. The van der Waals surface area contributed by atoms with Crippen LogP contribution in [0.3, 0.4) is 0 Å². The molecule has 2 saturated carbocycles. The number of ether oxygens (including phenoxy) is 1. The van der Waals surface area contributed by atoms with Gasteiger partial charge in [-0.1, -0.05) is 31.9 Å². The first kappa shape index (κ1) is 18.5. The van der Waals surface area contributed by atoms with Gasteiger partial charge < -0.3 is 9.15 Å². The van der Waals surface area contributed by atoms with E-state index in [9.17, 15) is 9.59 Å². The summed E-state index contributed by atoms with van der Waals surface area (Å²) in [4.78, 5) is 24.1. The number of rotatable bonds is 5. The SMILES string of the molecule is COC(=O)c1cccc(-c2ccc(/C=N\NC(=O)[C@@H]3[C@H]4CCCC[C@]43C)o2)c1.